The Morgan fingerprint density at radius 2 is 1.86 bits per heavy atom. The van der Waals surface area contributed by atoms with E-state index in [2.05, 4.69) is 67.0 Å². The summed E-state index contributed by atoms with van der Waals surface area (Å²) in [5.41, 5.74) is 0.685. The quantitative estimate of drug-likeness (QED) is 0.111. The van der Waals surface area contributed by atoms with Gasteiger partial charge in [0.1, 0.15) is 30.7 Å². The SMILES string of the molecule is C=N/C=C1\C(=N/CN/C=C/N(/N=C\C)C(CC)CCNC)N(c2cccc(N3C(=O)OC[C@@H]3C)n2)C2CC(C)(CC)OCC12.CC.CCCC. The van der Waals surface area contributed by atoms with Crippen molar-refractivity contribution < 1.29 is 14.3 Å². The normalized spacial score (nSPS) is 25.2. The number of ether oxygens (including phenoxy) is 2. The lowest BCUT2D eigenvalue weighted by Crippen LogP contribution is -2.48. The third kappa shape index (κ3) is 11.1. The summed E-state index contributed by atoms with van der Waals surface area (Å²) in [6.45, 7) is 24.6. The van der Waals surface area contributed by atoms with Gasteiger partial charge in [-0.05, 0) is 78.9 Å². The van der Waals surface area contributed by atoms with Gasteiger partial charge in [0.25, 0.3) is 0 Å². The van der Waals surface area contributed by atoms with Gasteiger partial charge in [0.05, 0.1) is 24.3 Å². The molecule has 1 aromatic heterocycles. The van der Waals surface area contributed by atoms with Crippen LogP contribution in [0.15, 0.2) is 57.5 Å². The number of hydrazone groups is 1. The Balaban J connectivity index is 0.00000135. The number of pyridine rings is 1. The zero-order valence-electron chi connectivity index (χ0n) is 32.5. The van der Waals surface area contributed by atoms with E-state index in [-0.39, 0.29) is 35.7 Å². The van der Waals surface area contributed by atoms with Gasteiger partial charge in [-0.2, -0.15) is 5.10 Å². The van der Waals surface area contributed by atoms with Crippen molar-refractivity contribution >= 4 is 36.5 Å². The lowest BCUT2D eigenvalue weighted by molar-refractivity contribution is -0.0875. The molecule has 1 amide bonds. The molecule has 3 fully saturated rings. The number of carbonyl (C=O) groups is 1. The van der Waals surface area contributed by atoms with Crippen molar-refractivity contribution in [2.24, 2.45) is 21.0 Å². The smallest absolute Gasteiger partial charge is 0.415 e. The van der Waals surface area contributed by atoms with Crippen LogP contribution < -0.4 is 20.4 Å². The summed E-state index contributed by atoms with van der Waals surface area (Å²) in [5, 5.41) is 13.1. The summed E-state index contributed by atoms with van der Waals surface area (Å²) in [7, 11) is 1.96. The molecule has 0 radical (unpaired) electrons. The van der Waals surface area contributed by atoms with Crippen molar-refractivity contribution in [1.29, 1.82) is 0 Å². The van der Waals surface area contributed by atoms with Gasteiger partial charge in [0, 0.05) is 42.3 Å². The van der Waals surface area contributed by atoms with Crippen molar-refractivity contribution in [1.82, 2.24) is 20.6 Å². The third-order valence-electron chi connectivity index (χ3n) is 9.20. The van der Waals surface area contributed by atoms with E-state index in [1.165, 1.54) is 12.8 Å². The Morgan fingerprint density at radius 1 is 1.16 bits per heavy atom. The number of carbonyl (C=O) groups excluding carboxylic acids is 1. The van der Waals surface area contributed by atoms with E-state index in [0.717, 1.165) is 43.6 Å². The number of cyclic esters (lactones) is 1. The number of rotatable bonds is 15. The van der Waals surface area contributed by atoms with Gasteiger partial charge >= 0.3 is 6.09 Å². The zero-order valence-corrected chi connectivity index (χ0v) is 32.5. The predicted octanol–water partition coefficient (Wildman–Crippen LogP) is 7.35. The molecule has 0 aromatic carbocycles. The van der Waals surface area contributed by atoms with Gasteiger partial charge in [0.2, 0.25) is 0 Å². The molecule has 5 atom stereocenters. The van der Waals surface area contributed by atoms with Crippen LogP contribution in [0.4, 0.5) is 16.4 Å². The first-order valence-electron chi connectivity index (χ1n) is 18.6. The van der Waals surface area contributed by atoms with Crippen molar-refractivity contribution in [3.05, 3.63) is 42.4 Å². The average Bonchev–Trinajstić information content (AvgIpc) is 3.63. The molecule has 3 aliphatic rings. The molecule has 50 heavy (non-hydrogen) atoms. The number of amides is 1. The summed E-state index contributed by atoms with van der Waals surface area (Å²) in [6, 6.07) is 5.97. The van der Waals surface area contributed by atoms with Crippen LogP contribution in [-0.4, -0.2) is 92.1 Å². The molecule has 0 saturated carbocycles. The minimum Gasteiger partial charge on any atom is -0.447 e. The first-order valence-corrected chi connectivity index (χ1v) is 18.6. The van der Waals surface area contributed by atoms with Crippen molar-refractivity contribution in [3.8, 4) is 0 Å². The Bertz CT molecular complexity index is 1300. The lowest BCUT2D eigenvalue weighted by Gasteiger charge is -2.42. The largest absolute Gasteiger partial charge is 0.447 e. The van der Waals surface area contributed by atoms with Crippen molar-refractivity contribution in [2.45, 2.75) is 125 Å². The Hall–Kier alpha value is -3.77. The van der Waals surface area contributed by atoms with Crippen LogP contribution in [0.1, 0.15) is 101 Å². The maximum atomic E-state index is 12.5. The molecule has 0 bridgehead atoms. The van der Waals surface area contributed by atoms with Gasteiger partial charge in [-0.15, -0.1) is 0 Å². The summed E-state index contributed by atoms with van der Waals surface area (Å²) in [5.74, 6) is 2.08. The highest BCUT2D eigenvalue weighted by molar-refractivity contribution is 6.13. The minimum atomic E-state index is -0.384. The Morgan fingerprint density at radius 3 is 2.42 bits per heavy atom. The molecule has 4 unspecified atom stereocenters. The molecule has 1 aromatic rings. The van der Waals surface area contributed by atoms with Crippen LogP contribution in [0.2, 0.25) is 0 Å². The second kappa shape index (κ2) is 22.1. The van der Waals surface area contributed by atoms with Gasteiger partial charge in [-0.3, -0.25) is 14.9 Å². The van der Waals surface area contributed by atoms with E-state index in [0.29, 0.717) is 31.5 Å². The molecule has 2 N–H and O–H groups in total. The number of hydrogen-bond acceptors (Lipinski definition) is 10. The van der Waals surface area contributed by atoms with Gasteiger partial charge in [-0.25, -0.2) is 14.8 Å². The lowest BCUT2D eigenvalue weighted by atomic mass is 9.83. The van der Waals surface area contributed by atoms with Crippen LogP contribution in [0.5, 0.6) is 0 Å². The van der Waals surface area contributed by atoms with Crippen LogP contribution in [0.25, 0.3) is 0 Å². The van der Waals surface area contributed by atoms with Gasteiger partial charge in [0.15, 0.2) is 0 Å². The number of fused-ring (bicyclic) bond motifs is 1. The molecule has 3 aliphatic heterocycles. The number of nitrogens with zero attached hydrogens (tertiary/aromatic N) is 7. The molecule has 0 spiro atoms. The van der Waals surface area contributed by atoms with Crippen molar-refractivity contribution in [3.63, 3.8) is 0 Å². The number of unbranched alkanes of at least 4 members (excludes halogenated alkanes) is 1. The summed E-state index contributed by atoms with van der Waals surface area (Å²) in [6.07, 6.45) is 13.3. The molecule has 4 heterocycles. The second-order valence-electron chi connectivity index (χ2n) is 12.6. The molecule has 3 saturated heterocycles. The fourth-order valence-electron chi connectivity index (χ4n) is 6.06. The summed E-state index contributed by atoms with van der Waals surface area (Å²) >= 11 is 0. The standard InChI is InChI=1S/C32H49N9O3.C4H10.C2H6/c1-8-24(14-15-33-6)39(37-10-3)17-16-35-22-36-30-25(19-34-7)26-21-44-32(5,9-2)18-27(26)41(30)29-13-11-12-28(38-29)40-23(4)20-43-31(40)42;1-3-4-2;1-2/h10-13,16-17,19,23-24,26-27,33,35H,7-9,14-15,18,20-22H2,1-6H3;3-4H2,1-2H3;1-2H3/b17-16+,25-19-,36-30+,37-10-;;/t23-,24?,26?,27?,32?;;/m0../s1. The maximum absolute atomic E-state index is 12.5. The zero-order chi connectivity index (χ0) is 37.1. The highest BCUT2D eigenvalue weighted by Crippen LogP contribution is 2.44. The Labute approximate surface area is 302 Å². The Kier molecular flexibility index (Phi) is 18.8. The van der Waals surface area contributed by atoms with Crippen LogP contribution >= 0.6 is 0 Å². The maximum Gasteiger partial charge on any atom is 0.415 e. The van der Waals surface area contributed by atoms with E-state index in [1.54, 1.807) is 17.3 Å². The second-order valence-corrected chi connectivity index (χ2v) is 12.6. The monoisotopic (exact) mass is 696 g/mol. The topological polar surface area (TPSA) is 119 Å². The van der Waals surface area contributed by atoms with Crippen LogP contribution in [0.3, 0.4) is 0 Å². The van der Waals surface area contributed by atoms with E-state index in [1.807, 2.05) is 70.4 Å². The number of nitrogens with one attached hydrogen (secondary N) is 2. The predicted molar refractivity (Wildman–Crippen MR) is 209 cm³/mol. The number of hydrogen-bond donors (Lipinski definition) is 2. The third-order valence-corrected chi connectivity index (χ3v) is 9.20. The van der Waals surface area contributed by atoms with E-state index in [4.69, 9.17) is 19.5 Å². The number of aromatic nitrogens is 1. The summed E-state index contributed by atoms with van der Waals surface area (Å²) < 4.78 is 11.7. The summed E-state index contributed by atoms with van der Waals surface area (Å²) in [4.78, 5) is 30.5. The van der Waals surface area contributed by atoms with E-state index in [9.17, 15) is 4.79 Å². The molecule has 12 nitrogen and oxygen atoms in total. The molecule has 280 valence electrons. The minimum absolute atomic E-state index is 0.0439. The number of anilines is 2. The molecular weight excluding hydrogens is 630 g/mol. The van der Waals surface area contributed by atoms with Gasteiger partial charge in [-0.1, -0.05) is 60.5 Å². The fourth-order valence-corrected chi connectivity index (χ4v) is 6.06. The highest BCUT2D eigenvalue weighted by Gasteiger charge is 2.50. The number of aliphatic imine (C=N–C) groups is 2. The van der Waals surface area contributed by atoms with Crippen molar-refractivity contribution in [2.75, 3.05) is 43.3 Å². The first kappa shape index (κ1) is 42.4. The highest BCUT2D eigenvalue weighted by atomic mass is 16.6. The molecular formula is C38H65N9O3. The van der Waals surface area contributed by atoms with Crippen LogP contribution in [-0.2, 0) is 9.47 Å². The molecule has 12 heteroatoms. The molecule has 4 rings (SSSR count). The van der Waals surface area contributed by atoms with Gasteiger partial charge < -0.3 is 25.0 Å². The number of amidine groups is 1. The fraction of sp³-hybridized carbons (Fsp3) is 0.658. The van der Waals surface area contributed by atoms with Crippen LogP contribution in [0, 0.1) is 5.92 Å². The average molecular weight is 696 g/mol. The van der Waals surface area contributed by atoms with E-state index < -0.39 is 0 Å². The molecule has 0 aliphatic carbocycles. The first-order chi connectivity index (χ1) is 24.2. The van der Waals surface area contributed by atoms with E-state index >= 15 is 0 Å².